The molecule has 0 amide bonds. The Labute approximate surface area is 131 Å². The zero-order valence-corrected chi connectivity index (χ0v) is 15.0. The van der Waals surface area contributed by atoms with E-state index >= 15 is 0 Å². The summed E-state index contributed by atoms with van der Waals surface area (Å²) in [6, 6.07) is 9.52. The minimum Gasteiger partial charge on any atom is -0.309 e. The summed E-state index contributed by atoms with van der Waals surface area (Å²) >= 11 is 0. The van der Waals surface area contributed by atoms with E-state index in [1.54, 1.807) is 0 Å². The van der Waals surface area contributed by atoms with Crippen molar-refractivity contribution in [3.05, 3.63) is 35.4 Å². The molecule has 1 atom stereocenters. The quantitative estimate of drug-likeness (QED) is 0.798. The molecule has 0 aliphatic heterocycles. The van der Waals surface area contributed by atoms with Crippen LogP contribution in [0.25, 0.3) is 0 Å². The number of hydrogen-bond donors (Lipinski definition) is 1. The lowest BCUT2D eigenvalue weighted by Gasteiger charge is -2.30. The fraction of sp³-hybridized carbons (Fsp3) is 0.684. The predicted octanol–water partition coefficient (Wildman–Crippen LogP) is 4.44. The Bertz CT molecular complexity index is 401. The van der Waals surface area contributed by atoms with E-state index in [9.17, 15) is 0 Å². The Morgan fingerprint density at radius 3 is 2.00 bits per heavy atom. The molecular formula is C19H34N2. The molecule has 0 heterocycles. The molecule has 120 valence electrons. The second kappa shape index (κ2) is 7.95. The van der Waals surface area contributed by atoms with E-state index in [-0.39, 0.29) is 0 Å². The summed E-state index contributed by atoms with van der Waals surface area (Å²) in [5.74, 6) is 0.597. The molecule has 1 unspecified atom stereocenters. The van der Waals surface area contributed by atoms with Crippen molar-refractivity contribution in [3.63, 3.8) is 0 Å². The minimum atomic E-state index is 0.340. The number of likely N-dealkylation sites (N-methyl/N-ethyl adjacent to an activating group) is 2. The molecule has 21 heavy (non-hydrogen) atoms. The fourth-order valence-electron chi connectivity index (χ4n) is 2.83. The molecule has 1 aromatic rings. The molecular weight excluding hydrogens is 256 g/mol. The highest BCUT2D eigenvalue weighted by Gasteiger charge is 2.18. The number of hydrogen-bond acceptors (Lipinski definition) is 2. The molecule has 0 fully saturated rings. The Hall–Kier alpha value is -0.860. The van der Waals surface area contributed by atoms with E-state index < -0.39 is 0 Å². The van der Waals surface area contributed by atoms with Crippen LogP contribution in [0.3, 0.4) is 0 Å². The average molecular weight is 290 g/mol. The Kier molecular flexibility index (Phi) is 6.89. The summed E-state index contributed by atoms with van der Waals surface area (Å²) in [6.45, 7) is 16.7. The van der Waals surface area contributed by atoms with Gasteiger partial charge in [0, 0.05) is 19.1 Å². The van der Waals surface area contributed by atoms with Gasteiger partial charge in [-0.2, -0.15) is 0 Å². The number of rotatable bonds is 7. The summed E-state index contributed by atoms with van der Waals surface area (Å²) in [7, 11) is 2.22. The Morgan fingerprint density at radius 2 is 1.57 bits per heavy atom. The predicted molar refractivity (Wildman–Crippen MR) is 93.9 cm³/mol. The van der Waals surface area contributed by atoms with Crippen LogP contribution in [0.4, 0.5) is 0 Å². The first-order valence-electron chi connectivity index (χ1n) is 8.24. The van der Waals surface area contributed by atoms with Gasteiger partial charge in [0.2, 0.25) is 0 Å². The molecule has 0 spiro atoms. The van der Waals surface area contributed by atoms with E-state index in [0.717, 1.165) is 19.6 Å². The van der Waals surface area contributed by atoms with Crippen LogP contribution in [-0.4, -0.2) is 31.6 Å². The van der Waals surface area contributed by atoms with Gasteiger partial charge in [-0.05, 0) is 36.1 Å². The van der Waals surface area contributed by atoms with Gasteiger partial charge in [0.05, 0.1) is 0 Å². The summed E-state index contributed by atoms with van der Waals surface area (Å²) in [6.07, 6.45) is 0. The van der Waals surface area contributed by atoms with Crippen molar-refractivity contribution < 1.29 is 0 Å². The van der Waals surface area contributed by atoms with Gasteiger partial charge < -0.3 is 10.2 Å². The molecule has 0 aliphatic rings. The van der Waals surface area contributed by atoms with E-state index in [1.807, 2.05) is 0 Å². The van der Waals surface area contributed by atoms with Gasteiger partial charge in [-0.1, -0.05) is 65.8 Å². The summed E-state index contributed by atoms with van der Waals surface area (Å²) < 4.78 is 0. The molecule has 1 N–H and O–H groups in total. The van der Waals surface area contributed by atoms with Crippen molar-refractivity contribution >= 4 is 0 Å². The molecule has 0 aromatic heterocycles. The van der Waals surface area contributed by atoms with Crippen molar-refractivity contribution in [1.29, 1.82) is 0 Å². The number of nitrogens with one attached hydrogen (secondary N) is 1. The normalized spacial score (nSPS) is 14.0. The largest absolute Gasteiger partial charge is 0.309 e. The molecule has 1 aromatic carbocycles. The maximum atomic E-state index is 3.62. The smallest absolute Gasteiger partial charge is 0.0449 e. The summed E-state index contributed by atoms with van der Waals surface area (Å²) in [5, 5.41) is 3.62. The van der Waals surface area contributed by atoms with Crippen molar-refractivity contribution in [1.82, 2.24) is 10.2 Å². The first kappa shape index (κ1) is 18.2. The van der Waals surface area contributed by atoms with Crippen LogP contribution in [-0.2, 0) is 0 Å². The van der Waals surface area contributed by atoms with Crippen molar-refractivity contribution in [3.8, 4) is 0 Å². The van der Waals surface area contributed by atoms with Gasteiger partial charge in [0.15, 0.2) is 0 Å². The minimum absolute atomic E-state index is 0.340. The van der Waals surface area contributed by atoms with E-state index in [2.05, 4.69) is 83.1 Å². The van der Waals surface area contributed by atoms with Gasteiger partial charge in [0.1, 0.15) is 0 Å². The molecule has 2 heteroatoms. The van der Waals surface area contributed by atoms with Crippen LogP contribution in [0.5, 0.6) is 0 Å². The Balaban J connectivity index is 2.76. The van der Waals surface area contributed by atoms with E-state index in [1.165, 1.54) is 11.1 Å². The maximum Gasteiger partial charge on any atom is 0.0449 e. The van der Waals surface area contributed by atoms with Crippen molar-refractivity contribution in [2.75, 3.05) is 26.7 Å². The zero-order chi connectivity index (χ0) is 16.0. The van der Waals surface area contributed by atoms with Gasteiger partial charge in [0.25, 0.3) is 0 Å². The fourth-order valence-corrected chi connectivity index (χ4v) is 2.83. The van der Waals surface area contributed by atoms with Gasteiger partial charge >= 0.3 is 0 Å². The lowest BCUT2D eigenvalue weighted by atomic mass is 9.95. The highest BCUT2D eigenvalue weighted by Crippen LogP contribution is 2.21. The standard InChI is InChI=1S/C19H34N2/c1-8-20-18(13-21(7)14-19(4,5)6)17-11-9-16(10-12-17)15(2)3/h9-12,15,18,20H,8,13-14H2,1-7H3. The van der Waals surface area contributed by atoms with Crippen LogP contribution in [0, 0.1) is 5.41 Å². The third kappa shape index (κ3) is 6.62. The van der Waals surface area contributed by atoms with Crippen LogP contribution in [0.15, 0.2) is 24.3 Å². The SMILES string of the molecule is CCNC(CN(C)CC(C)(C)C)c1ccc(C(C)C)cc1. The van der Waals surface area contributed by atoms with Gasteiger partial charge in [-0.25, -0.2) is 0 Å². The van der Waals surface area contributed by atoms with Crippen molar-refractivity contribution in [2.45, 2.75) is 53.5 Å². The first-order valence-corrected chi connectivity index (χ1v) is 8.24. The highest BCUT2D eigenvalue weighted by molar-refractivity contribution is 5.27. The molecule has 0 saturated heterocycles. The second-order valence-electron chi connectivity index (χ2n) is 7.69. The van der Waals surface area contributed by atoms with E-state index in [4.69, 9.17) is 0 Å². The average Bonchev–Trinajstić information content (AvgIpc) is 2.36. The summed E-state index contributed by atoms with van der Waals surface area (Å²) in [5.41, 5.74) is 3.14. The van der Waals surface area contributed by atoms with Crippen LogP contribution in [0.2, 0.25) is 0 Å². The monoisotopic (exact) mass is 290 g/mol. The van der Waals surface area contributed by atoms with Crippen LogP contribution in [0.1, 0.15) is 64.6 Å². The highest BCUT2D eigenvalue weighted by atomic mass is 15.1. The van der Waals surface area contributed by atoms with Crippen molar-refractivity contribution in [2.24, 2.45) is 5.41 Å². The topological polar surface area (TPSA) is 15.3 Å². The van der Waals surface area contributed by atoms with Crippen LogP contribution < -0.4 is 5.32 Å². The molecule has 0 aliphatic carbocycles. The van der Waals surface area contributed by atoms with Gasteiger partial charge in [-0.15, -0.1) is 0 Å². The molecule has 2 nitrogen and oxygen atoms in total. The second-order valence-corrected chi connectivity index (χ2v) is 7.69. The molecule has 0 saturated carbocycles. The third-order valence-corrected chi connectivity index (χ3v) is 3.69. The lowest BCUT2D eigenvalue weighted by molar-refractivity contribution is 0.208. The molecule has 0 bridgehead atoms. The van der Waals surface area contributed by atoms with E-state index in [0.29, 0.717) is 17.4 Å². The number of benzene rings is 1. The Morgan fingerprint density at radius 1 is 1.05 bits per heavy atom. The summed E-state index contributed by atoms with van der Waals surface area (Å²) in [4.78, 5) is 2.43. The maximum absolute atomic E-state index is 3.62. The first-order chi connectivity index (χ1) is 9.73. The van der Waals surface area contributed by atoms with Gasteiger partial charge in [-0.3, -0.25) is 0 Å². The lowest BCUT2D eigenvalue weighted by Crippen LogP contribution is -2.37. The molecule has 1 rings (SSSR count). The molecule has 0 radical (unpaired) electrons. The van der Waals surface area contributed by atoms with Crippen LogP contribution >= 0.6 is 0 Å². The zero-order valence-electron chi connectivity index (χ0n) is 15.0. The number of nitrogens with zero attached hydrogens (tertiary/aromatic N) is 1. The third-order valence-electron chi connectivity index (χ3n) is 3.69.